The molecule has 0 aromatic carbocycles. The van der Waals surface area contributed by atoms with Gasteiger partial charge in [-0.3, -0.25) is 13.9 Å². The molecule has 0 N–H and O–H groups in total. The zero-order valence-electron chi connectivity index (χ0n) is 19.3. The Bertz CT molecular complexity index is 1380. The van der Waals surface area contributed by atoms with Crippen LogP contribution in [0.2, 0.25) is 0 Å². The summed E-state index contributed by atoms with van der Waals surface area (Å²) < 4.78 is 37.0. The van der Waals surface area contributed by atoms with E-state index < -0.39 is 15.7 Å². The number of aryl methyl sites for hydroxylation is 4. The van der Waals surface area contributed by atoms with Crippen molar-refractivity contribution >= 4 is 21.2 Å². The Hall–Kier alpha value is -2.77. The normalized spacial score (nSPS) is 16.5. The van der Waals surface area contributed by atoms with Crippen LogP contribution in [0.1, 0.15) is 24.3 Å². The lowest BCUT2D eigenvalue weighted by molar-refractivity contribution is 0.276. The molecule has 1 aliphatic rings. The maximum Gasteiger partial charge on any atom is 0.332 e. The molecule has 0 saturated carbocycles. The van der Waals surface area contributed by atoms with Crippen LogP contribution in [-0.2, 0) is 30.7 Å². The Kier molecular flexibility index (Phi) is 6.29. The number of hydrogen-bond acceptors (Lipinski definition) is 8. The standard InChI is InChI=1S/C20H29N7O5S/c1-14-17(15(2)32-22-14)33(30,31)26-9-5-7-25(11-12-26)8-6-10-27-19(28)16-18(21-13-23(16)3)24(4)20(27)29/h13H,5-12H2,1-4H3. The average Bonchev–Trinajstić information content (AvgIpc) is 3.21. The van der Waals surface area contributed by atoms with Gasteiger partial charge in [-0.2, -0.15) is 4.31 Å². The van der Waals surface area contributed by atoms with Gasteiger partial charge in [0.1, 0.15) is 10.6 Å². The highest BCUT2D eigenvalue weighted by atomic mass is 32.2. The number of imidazole rings is 1. The molecule has 1 saturated heterocycles. The van der Waals surface area contributed by atoms with Crippen LogP contribution in [0.15, 0.2) is 25.3 Å². The Balaban J connectivity index is 1.42. The van der Waals surface area contributed by atoms with Crippen LogP contribution >= 0.6 is 0 Å². The van der Waals surface area contributed by atoms with Crippen molar-refractivity contribution in [3.8, 4) is 0 Å². The Labute approximate surface area is 191 Å². The molecule has 0 radical (unpaired) electrons. The molecule has 0 atom stereocenters. The second-order valence-corrected chi connectivity index (χ2v) is 10.3. The van der Waals surface area contributed by atoms with Crippen molar-refractivity contribution in [2.45, 2.75) is 38.1 Å². The molecule has 3 aromatic rings. The van der Waals surface area contributed by atoms with Gasteiger partial charge in [-0.25, -0.2) is 18.2 Å². The second kappa shape index (κ2) is 8.88. The predicted molar refractivity (Wildman–Crippen MR) is 121 cm³/mol. The fraction of sp³-hybridized carbons (Fsp3) is 0.600. The Morgan fingerprint density at radius 2 is 1.82 bits per heavy atom. The number of aromatic nitrogens is 5. The van der Waals surface area contributed by atoms with Crippen LogP contribution in [0.4, 0.5) is 0 Å². The molecular weight excluding hydrogens is 450 g/mol. The molecule has 4 rings (SSSR count). The van der Waals surface area contributed by atoms with Gasteiger partial charge in [0, 0.05) is 40.3 Å². The smallest absolute Gasteiger partial charge is 0.332 e. The number of rotatable bonds is 6. The lowest BCUT2D eigenvalue weighted by Crippen LogP contribution is -2.40. The van der Waals surface area contributed by atoms with Crippen molar-refractivity contribution in [3.05, 3.63) is 38.6 Å². The second-order valence-electron chi connectivity index (χ2n) is 8.43. The largest absolute Gasteiger partial charge is 0.360 e. The molecule has 0 spiro atoms. The van der Waals surface area contributed by atoms with Crippen LogP contribution in [0.5, 0.6) is 0 Å². The lowest BCUT2D eigenvalue weighted by Gasteiger charge is -2.21. The van der Waals surface area contributed by atoms with Crippen molar-refractivity contribution in [3.63, 3.8) is 0 Å². The van der Waals surface area contributed by atoms with E-state index in [1.165, 1.54) is 19.8 Å². The quantitative estimate of drug-likeness (QED) is 0.476. The van der Waals surface area contributed by atoms with Gasteiger partial charge in [-0.15, -0.1) is 0 Å². The van der Waals surface area contributed by atoms with Crippen molar-refractivity contribution in [1.29, 1.82) is 0 Å². The van der Waals surface area contributed by atoms with E-state index in [2.05, 4.69) is 15.0 Å². The highest BCUT2D eigenvalue weighted by molar-refractivity contribution is 7.89. The summed E-state index contributed by atoms with van der Waals surface area (Å²) in [5.41, 5.74) is 0.397. The lowest BCUT2D eigenvalue weighted by atomic mass is 10.3. The van der Waals surface area contributed by atoms with Crippen molar-refractivity contribution in [2.75, 3.05) is 32.7 Å². The molecule has 0 amide bonds. The minimum Gasteiger partial charge on any atom is -0.360 e. The van der Waals surface area contributed by atoms with Crippen molar-refractivity contribution in [2.24, 2.45) is 14.1 Å². The van der Waals surface area contributed by atoms with E-state index in [1.54, 1.807) is 32.5 Å². The van der Waals surface area contributed by atoms with Gasteiger partial charge in [0.25, 0.3) is 5.56 Å². The van der Waals surface area contributed by atoms with Gasteiger partial charge in [0.05, 0.1) is 6.33 Å². The van der Waals surface area contributed by atoms with Gasteiger partial charge in [-0.05, 0) is 39.8 Å². The summed E-state index contributed by atoms with van der Waals surface area (Å²) in [6.07, 6.45) is 2.80. The zero-order valence-corrected chi connectivity index (χ0v) is 20.1. The molecule has 4 heterocycles. The predicted octanol–water partition coefficient (Wildman–Crippen LogP) is -0.175. The fourth-order valence-electron chi connectivity index (χ4n) is 4.43. The molecule has 1 aliphatic heterocycles. The topological polar surface area (TPSA) is 128 Å². The van der Waals surface area contributed by atoms with Crippen LogP contribution in [0, 0.1) is 13.8 Å². The van der Waals surface area contributed by atoms with E-state index in [9.17, 15) is 18.0 Å². The summed E-state index contributed by atoms with van der Waals surface area (Å²) in [4.78, 5) is 31.9. The number of nitrogens with zero attached hydrogens (tertiary/aromatic N) is 7. The van der Waals surface area contributed by atoms with Crippen molar-refractivity contribution in [1.82, 2.24) is 33.0 Å². The third kappa shape index (κ3) is 4.15. The number of fused-ring (bicyclic) bond motifs is 1. The summed E-state index contributed by atoms with van der Waals surface area (Å²) in [5.74, 6) is 0.297. The molecule has 0 aliphatic carbocycles. The fourth-order valence-corrected chi connectivity index (χ4v) is 6.19. The van der Waals surface area contributed by atoms with Crippen LogP contribution in [0.25, 0.3) is 11.2 Å². The zero-order chi connectivity index (χ0) is 23.9. The molecular formula is C20H29N7O5S. The van der Waals surface area contributed by atoms with Gasteiger partial charge < -0.3 is 14.0 Å². The van der Waals surface area contributed by atoms with Gasteiger partial charge >= 0.3 is 5.69 Å². The van der Waals surface area contributed by atoms with Crippen molar-refractivity contribution < 1.29 is 12.9 Å². The minimum atomic E-state index is -3.67. The molecule has 0 unspecified atom stereocenters. The van der Waals surface area contributed by atoms with E-state index in [0.717, 1.165) is 6.54 Å². The molecule has 33 heavy (non-hydrogen) atoms. The summed E-state index contributed by atoms with van der Waals surface area (Å²) >= 11 is 0. The summed E-state index contributed by atoms with van der Waals surface area (Å²) in [6.45, 7) is 6.24. The Morgan fingerprint density at radius 1 is 1.06 bits per heavy atom. The highest BCUT2D eigenvalue weighted by Gasteiger charge is 2.32. The maximum atomic E-state index is 13.1. The first-order valence-electron chi connectivity index (χ1n) is 10.9. The molecule has 1 fully saturated rings. The first-order chi connectivity index (χ1) is 15.6. The SMILES string of the molecule is Cc1noc(C)c1S(=O)(=O)N1CCCN(CCCn2c(=O)c3c(ncn3C)n(C)c2=O)CC1. The summed E-state index contributed by atoms with van der Waals surface area (Å²) in [5, 5.41) is 3.77. The van der Waals surface area contributed by atoms with Gasteiger partial charge in [0.15, 0.2) is 16.9 Å². The Morgan fingerprint density at radius 3 is 2.52 bits per heavy atom. The van der Waals surface area contributed by atoms with Gasteiger partial charge in [-0.1, -0.05) is 5.16 Å². The molecule has 12 nitrogen and oxygen atoms in total. The molecule has 13 heteroatoms. The molecule has 0 bridgehead atoms. The third-order valence-corrected chi connectivity index (χ3v) is 8.31. The average molecular weight is 480 g/mol. The highest BCUT2D eigenvalue weighted by Crippen LogP contribution is 2.24. The van der Waals surface area contributed by atoms with Crippen LogP contribution in [0.3, 0.4) is 0 Å². The molecule has 3 aromatic heterocycles. The van der Waals surface area contributed by atoms with E-state index in [4.69, 9.17) is 4.52 Å². The van der Waals surface area contributed by atoms with E-state index in [-0.39, 0.29) is 17.0 Å². The van der Waals surface area contributed by atoms with Crippen LogP contribution in [-0.4, -0.2) is 74.2 Å². The number of hydrogen-bond donors (Lipinski definition) is 0. The third-order valence-electron chi connectivity index (χ3n) is 6.17. The van der Waals surface area contributed by atoms with E-state index in [1.807, 2.05) is 0 Å². The van der Waals surface area contributed by atoms with E-state index >= 15 is 0 Å². The number of sulfonamides is 1. The first kappa shape index (κ1) is 23.4. The molecule has 180 valence electrons. The summed E-state index contributed by atoms with van der Waals surface area (Å²) in [7, 11) is -0.338. The minimum absolute atomic E-state index is 0.150. The first-order valence-corrected chi connectivity index (χ1v) is 12.3. The van der Waals surface area contributed by atoms with Gasteiger partial charge in [0.2, 0.25) is 10.0 Å². The maximum absolute atomic E-state index is 13.1. The van der Waals surface area contributed by atoms with Crippen LogP contribution < -0.4 is 11.2 Å². The monoisotopic (exact) mass is 479 g/mol. The van der Waals surface area contributed by atoms with E-state index in [0.29, 0.717) is 61.6 Å². The summed E-state index contributed by atoms with van der Waals surface area (Å²) in [6, 6.07) is 0.